The summed E-state index contributed by atoms with van der Waals surface area (Å²) in [5.74, 6) is -0.0208. The summed E-state index contributed by atoms with van der Waals surface area (Å²) < 4.78 is 0. The van der Waals surface area contributed by atoms with Crippen LogP contribution in [0.4, 0.5) is 5.69 Å². The Balaban J connectivity index is 1.98. The van der Waals surface area contributed by atoms with Gasteiger partial charge in [0.15, 0.2) is 0 Å². The van der Waals surface area contributed by atoms with Crippen LogP contribution in [0.5, 0.6) is 0 Å². The number of benzene rings is 1. The molecule has 1 N–H and O–H groups in total. The standard InChI is InChI=1S/C16H22N2O2/c1-12-7-6-8-14(13(12)2)17-15(19)11-18-10-5-3-4-9-16(18)20/h6-8H,3-5,9-11H2,1-2H3,(H,17,19). The topological polar surface area (TPSA) is 49.4 Å². The number of likely N-dealkylation sites (tertiary alicyclic amines) is 1. The van der Waals surface area contributed by atoms with Crippen molar-refractivity contribution in [1.82, 2.24) is 4.90 Å². The van der Waals surface area contributed by atoms with Gasteiger partial charge in [-0.3, -0.25) is 9.59 Å². The van der Waals surface area contributed by atoms with Crippen LogP contribution in [-0.2, 0) is 9.59 Å². The van der Waals surface area contributed by atoms with Gasteiger partial charge < -0.3 is 10.2 Å². The fourth-order valence-corrected chi connectivity index (χ4v) is 2.46. The molecular formula is C16H22N2O2. The van der Waals surface area contributed by atoms with E-state index < -0.39 is 0 Å². The first-order valence-electron chi connectivity index (χ1n) is 7.22. The molecule has 1 saturated heterocycles. The lowest BCUT2D eigenvalue weighted by atomic mass is 10.1. The second-order valence-electron chi connectivity index (χ2n) is 5.42. The predicted octanol–water partition coefficient (Wildman–Crippen LogP) is 2.64. The molecule has 108 valence electrons. The fourth-order valence-electron chi connectivity index (χ4n) is 2.46. The van der Waals surface area contributed by atoms with E-state index in [0.29, 0.717) is 13.0 Å². The lowest BCUT2D eigenvalue weighted by Crippen LogP contribution is -2.37. The number of amides is 2. The third kappa shape index (κ3) is 3.59. The smallest absolute Gasteiger partial charge is 0.244 e. The SMILES string of the molecule is Cc1cccc(NC(=O)CN2CCCCCC2=O)c1C. The molecular weight excluding hydrogens is 252 g/mol. The molecule has 0 unspecified atom stereocenters. The van der Waals surface area contributed by atoms with Crippen LogP contribution in [0.2, 0.25) is 0 Å². The van der Waals surface area contributed by atoms with Crippen LogP contribution in [0.15, 0.2) is 18.2 Å². The zero-order valence-electron chi connectivity index (χ0n) is 12.2. The predicted molar refractivity (Wildman–Crippen MR) is 79.6 cm³/mol. The summed E-state index contributed by atoms with van der Waals surface area (Å²) in [5, 5.41) is 2.91. The van der Waals surface area contributed by atoms with E-state index in [2.05, 4.69) is 5.32 Å². The Bertz CT molecular complexity index is 511. The van der Waals surface area contributed by atoms with E-state index in [0.717, 1.165) is 36.1 Å². The molecule has 2 rings (SSSR count). The number of rotatable bonds is 3. The highest BCUT2D eigenvalue weighted by atomic mass is 16.2. The minimum atomic E-state index is -0.117. The molecule has 1 aliphatic heterocycles. The van der Waals surface area contributed by atoms with Crippen LogP contribution in [0.1, 0.15) is 36.8 Å². The van der Waals surface area contributed by atoms with Gasteiger partial charge in [0.1, 0.15) is 0 Å². The highest BCUT2D eigenvalue weighted by Gasteiger charge is 2.19. The molecule has 1 aromatic rings. The van der Waals surface area contributed by atoms with Crippen molar-refractivity contribution in [1.29, 1.82) is 0 Å². The normalized spacial score (nSPS) is 15.9. The van der Waals surface area contributed by atoms with Crippen LogP contribution in [0, 0.1) is 13.8 Å². The maximum absolute atomic E-state index is 12.1. The number of hydrogen-bond acceptors (Lipinski definition) is 2. The molecule has 2 amide bonds. The van der Waals surface area contributed by atoms with Gasteiger partial charge in [0.05, 0.1) is 6.54 Å². The third-order valence-electron chi connectivity index (χ3n) is 3.88. The van der Waals surface area contributed by atoms with E-state index in [-0.39, 0.29) is 18.4 Å². The first kappa shape index (κ1) is 14.6. The number of carbonyl (C=O) groups excluding carboxylic acids is 2. The number of nitrogens with one attached hydrogen (secondary N) is 1. The summed E-state index contributed by atoms with van der Waals surface area (Å²) in [7, 11) is 0. The summed E-state index contributed by atoms with van der Waals surface area (Å²) in [4.78, 5) is 25.6. The average Bonchev–Trinajstić information content (AvgIpc) is 2.61. The van der Waals surface area contributed by atoms with Gasteiger partial charge in [0.25, 0.3) is 0 Å². The van der Waals surface area contributed by atoms with Gasteiger partial charge in [-0.1, -0.05) is 18.6 Å². The molecule has 0 aliphatic carbocycles. The molecule has 1 heterocycles. The van der Waals surface area contributed by atoms with Crippen molar-refractivity contribution in [3.05, 3.63) is 29.3 Å². The highest BCUT2D eigenvalue weighted by Crippen LogP contribution is 2.18. The summed E-state index contributed by atoms with van der Waals surface area (Å²) in [6.45, 7) is 4.86. The second-order valence-corrected chi connectivity index (χ2v) is 5.42. The summed E-state index contributed by atoms with van der Waals surface area (Å²) >= 11 is 0. The molecule has 0 spiro atoms. The van der Waals surface area contributed by atoms with Crippen molar-refractivity contribution in [2.45, 2.75) is 39.5 Å². The van der Waals surface area contributed by atoms with Gasteiger partial charge in [-0.2, -0.15) is 0 Å². The monoisotopic (exact) mass is 274 g/mol. The first-order valence-corrected chi connectivity index (χ1v) is 7.22. The van der Waals surface area contributed by atoms with E-state index in [1.54, 1.807) is 4.90 Å². The number of anilines is 1. The molecule has 0 atom stereocenters. The quantitative estimate of drug-likeness (QED) is 0.921. The van der Waals surface area contributed by atoms with Crippen molar-refractivity contribution in [3.8, 4) is 0 Å². The van der Waals surface area contributed by atoms with E-state index in [4.69, 9.17) is 0 Å². The molecule has 1 fully saturated rings. The van der Waals surface area contributed by atoms with Crippen molar-refractivity contribution in [2.24, 2.45) is 0 Å². The Morgan fingerprint density at radius 3 is 2.85 bits per heavy atom. The van der Waals surface area contributed by atoms with Crippen molar-refractivity contribution in [3.63, 3.8) is 0 Å². The van der Waals surface area contributed by atoms with E-state index in [9.17, 15) is 9.59 Å². The lowest BCUT2D eigenvalue weighted by molar-refractivity contribution is -0.134. The number of aryl methyl sites for hydroxylation is 1. The highest BCUT2D eigenvalue weighted by molar-refractivity contribution is 5.95. The number of hydrogen-bond donors (Lipinski definition) is 1. The van der Waals surface area contributed by atoms with Crippen LogP contribution < -0.4 is 5.32 Å². The van der Waals surface area contributed by atoms with Crippen LogP contribution >= 0.6 is 0 Å². The van der Waals surface area contributed by atoms with Crippen LogP contribution in [0.3, 0.4) is 0 Å². The van der Waals surface area contributed by atoms with Gasteiger partial charge in [-0.05, 0) is 43.9 Å². The summed E-state index contributed by atoms with van der Waals surface area (Å²) in [5.41, 5.74) is 3.05. The zero-order chi connectivity index (χ0) is 14.5. The lowest BCUT2D eigenvalue weighted by Gasteiger charge is -2.20. The molecule has 0 radical (unpaired) electrons. The van der Waals surface area contributed by atoms with E-state index >= 15 is 0 Å². The third-order valence-corrected chi connectivity index (χ3v) is 3.88. The average molecular weight is 274 g/mol. The van der Waals surface area contributed by atoms with Crippen LogP contribution in [0.25, 0.3) is 0 Å². The Kier molecular flexibility index (Phi) is 4.77. The van der Waals surface area contributed by atoms with Gasteiger partial charge in [0, 0.05) is 18.7 Å². The maximum atomic E-state index is 12.1. The number of carbonyl (C=O) groups is 2. The molecule has 0 bridgehead atoms. The zero-order valence-corrected chi connectivity index (χ0v) is 12.2. The summed E-state index contributed by atoms with van der Waals surface area (Å²) in [6, 6.07) is 5.84. The van der Waals surface area contributed by atoms with Gasteiger partial charge in [-0.25, -0.2) is 0 Å². The minimum absolute atomic E-state index is 0.0959. The Morgan fingerprint density at radius 2 is 2.05 bits per heavy atom. The van der Waals surface area contributed by atoms with Gasteiger partial charge >= 0.3 is 0 Å². The Morgan fingerprint density at radius 1 is 1.25 bits per heavy atom. The summed E-state index contributed by atoms with van der Waals surface area (Å²) in [6.07, 6.45) is 3.56. The molecule has 1 aliphatic rings. The van der Waals surface area contributed by atoms with E-state index in [1.807, 2.05) is 32.0 Å². The second kappa shape index (κ2) is 6.55. The Hall–Kier alpha value is -1.84. The van der Waals surface area contributed by atoms with E-state index in [1.165, 1.54) is 0 Å². The first-order chi connectivity index (χ1) is 9.58. The van der Waals surface area contributed by atoms with Crippen LogP contribution in [-0.4, -0.2) is 29.8 Å². The van der Waals surface area contributed by atoms with Crippen molar-refractivity contribution < 1.29 is 9.59 Å². The minimum Gasteiger partial charge on any atom is -0.333 e. The van der Waals surface area contributed by atoms with Crippen molar-refractivity contribution >= 4 is 17.5 Å². The fraction of sp³-hybridized carbons (Fsp3) is 0.500. The van der Waals surface area contributed by atoms with Crippen molar-refractivity contribution in [2.75, 3.05) is 18.4 Å². The number of nitrogens with zero attached hydrogens (tertiary/aromatic N) is 1. The van der Waals surface area contributed by atoms with Gasteiger partial charge in [-0.15, -0.1) is 0 Å². The molecule has 4 nitrogen and oxygen atoms in total. The molecule has 20 heavy (non-hydrogen) atoms. The van der Waals surface area contributed by atoms with Gasteiger partial charge in [0.2, 0.25) is 11.8 Å². The molecule has 4 heteroatoms. The maximum Gasteiger partial charge on any atom is 0.244 e. The molecule has 0 saturated carbocycles. The molecule has 0 aromatic heterocycles. The largest absolute Gasteiger partial charge is 0.333 e. The molecule has 1 aromatic carbocycles. The Labute approximate surface area is 120 Å².